The number of carbonyl (C=O) groups excluding carboxylic acids is 1. The first-order chi connectivity index (χ1) is 7.47. The minimum Gasteiger partial charge on any atom is -0.508 e. The number of aromatic hydroxyl groups is 1. The molecule has 1 aromatic carbocycles. The number of ether oxygens (including phenoxy) is 1. The Kier molecular flexibility index (Phi) is 3.93. The van der Waals surface area contributed by atoms with Gasteiger partial charge in [0.25, 0.3) is 0 Å². The van der Waals surface area contributed by atoms with E-state index in [9.17, 15) is 9.90 Å². The van der Waals surface area contributed by atoms with Gasteiger partial charge in [-0.25, -0.2) is 4.79 Å². The quantitative estimate of drug-likeness (QED) is 0.800. The molecule has 0 aliphatic rings. The molecule has 3 heteroatoms. The lowest BCUT2D eigenvalue weighted by molar-refractivity contribution is 0.0525. The number of phenols is 1. The van der Waals surface area contributed by atoms with Gasteiger partial charge in [0.05, 0.1) is 12.2 Å². The Morgan fingerprint density at radius 1 is 1.44 bits per heavy atom. The topological polar surface area (TPSA) is 46.5 Å². The van der Waals surface area contributed by atoms with Crippen LogP contribution in [0, 0.1) is 6.92 Å². The highest BCUT2D eigenvalue weighted by molar-refractivity contribution is 5.91. The molecule has 0 radical (unpaired) electrons. The maximum atomic E-state index is 11.6. The van der Waals surface area contributed by atoms with Crippen LogP contribution in [0.1, 0.15) is 48.2 Å². The molecule has 0 heterocycles. The maximum Gasteiger partial charge on any atom is 0.338 e. The fourth-order valence-electron chi connectivity index (χ4n) is 1.60. The zero-order valence-electron chi connectivity index (χ0n) is 10.2. The van der Waals surface area contributed by atoms with E-state index in [1.165, 1.54) is 0 Å². The molecule has 0 amide bonds. The molecule has 0 saturated heterocycles. The normalized spacial score (nSPS) is 10.6. The lowest BCUT2D eigenvalue weighted by Gasteiger charge is -2.12. The second kappa shape index (κ2) is 5.01. The SMILES string of the molecule is CCOC(=O)c1cc(C(C)C)c(O)cc1C. The molecule has 1 rings (SSSR count). The van der Waals surface area contributed by atoms with Gasteiger partial charge < -0.3 is 9.84 Å². The van der Waals surface area contributed by atoms with Crippen molar-refractivity contribution in [3.8, 4) is 5.75 Å². The van der Waals surface area contributed by atoms with Gasteiger partial charge in [-0.15, -0.1) is 0 Å². The van der Waals surface area contributed by atoms with E-state index in [1.807, 2.05) is 13.8 Å². The molecule has 0 aliphatic carbocycles. The maximum absolute atomic E-state index is 11.6. The monoisotopic (exact) mass is 222 g/mol. The first-order valence-electron chi connectivity index (χ1n) is 5.48. The lowest BCUT2D eigenvalue weighted by atomic mass is 9.96. The third-order valence-corrected chi connectivity index (χ3v) is 2.49. The summed E-state index contributed by atoms with van der Waals surface area (Å²) in [5, 5.41) is 9.75. The summed E-state index contributed by atoms with van der Waals surface area (Å²) in [4.78, 5) is 11.6. The molecule has 16 heavy (non-hydrogen) atoms. The lowest BCUT2D eigenvalue weighted by Crippen LogP contribution is -2.07. The van der Waals surface area contributed by atoms with Crippen LogP contribution in [-0.4, -0.2) is 17.7 Å². The van der Waals surface area contributed by atoms with E-state index in [4.69, 9.17) is 4.74 Å². The fourth-order valence-corrected chi connectivity index (χ4v) is 1.60. The van der Waals surface area contributed by atoms with Crippen molar-refractivity contribution < 1.29 is 14.6 Å². The van der Waals surface area contributed by atoms with E-state index in [0.717, 1.165) is 11.1 Å². The van der Waals surface area contributed by atoms with Crippen molar-refractivity contribution in [1.82, 2.24) is 0 Å². The average Bonchev–Trinajstić information content (AvgIpc) is 2.17. The van der Waals surface area contributed by atoms with Gasteiger partial charge in [0.2, 0.25) is 0 Å². The Morgan fingerprint density at radius 3 is 2.56 bits per heavy atom. The third kappa shape index (κ3) is 2.54. The van der Waals surface area contributed by atoms with E-state index in [1.54, 1.807) is 26.0 Å². The molecule has 0 unspecified atom stereocenters. The molecule has 0 atom stereocenters. The van der Waals surface area contributed by atoms with Gasteiger partial charge in [-0.3, -0.25) is 0 Å². The largest absolute Gasteiger partial charge is 0.508 e. The van der Waals surface area contributed by atoms with Gasteiger partial charge in [0.15, 0.2) is 0 Å². The molecular weight excluding hydrogens is 204 g/mol. The van der Waals surface area contributed by atoms with Crippen molar-refractivity contribution in [2.45, 2.75) is 33.6 Å². The summed E-state index contributed by atoms with van der Waals surface area (Å²) in [5.41, 5.74) is 2.04. The van der Waals surface area contributed by atoms with E-state index < -0.39 is 0 Å². The van der Waals surface area contributed by atoms with Crippen molar-refractivity contribution in [2.24, 2.45) is 0 Å². The average molecular weight is 222 g/mol. The Hall–Kier alpha value is -1.51. The van der Waals surface area contributed by atoms with Gasteiger partial charge in [0, 0.05) is 0 Å². The molecule has 0 spiro atoms. The first kappa shape index (κ1) is 12.6. The van der Waals surface area contributed by atoms with Crippen molar-refractivity contribution in [1.29, 1.82) is 0 Å². The first-order valence-corrected chi connectivity index (χ1v) is 5.48. The van der Waals surface area contributed by atoms with Gasteiger partial charge >= 0.3 is 5.97 Å². The molecule has 1 N–H and O–H groups in total. The van der Waals surface area contributed by atoms with Gasteiger partial charge in [-0.1, -0.05) is 13.8 Å². The molecule has 1 aromatic rings. The minimum absolute atomic E-state index is 0.175. The number of hydrogen-bond donors (Lipinski definition) is 1. The van der Waals surface area contributed by atoms with E-state index in [2.05, 4.69) is 0 Å². The summed E-state index contributed by atoms with van der Waals surface area (Å²) in [6, 6.07) is 3.33. The second-order valence-electron chi connectivity index (χ2n) is 4.10. The Balaban J connectivity index is 3.19. The van der Waals surface area contributed by atoms with Crippen LogP contribution in [0.3, 0.4) is 0 Å². The highest BCUT2D eigenvalue weighted by Crippen LogP contribution is 2.28. The van der Waals surface area contributed by atoms with Gasteiger partial charge in [-0.05, 0) is 43.0 Å². The number of rotatable bonds is 3. The van der Waals surface area contributed by atoms with Crippen LogP contribution >= 0.6 is 0 Å². The Labute approximate surface area is 96.1 Å². The zero-order chi connectivity index (χ0) is 12.3. The Bertz CT molecular complexity index is 394. The molecular formula is C13H18O3. The van der Waals surface area contributed by atoms with Crippen LogP contribution in [0.5, 0.6) is 5.75 Å². The number of hydrogen-bond acceptors (Lipinski definition) is 3. The molecule has 0 saturated carbocycles. The zero-order valence-corrected chi connectivity index (χ0v) is 10.2. The van der Waals surface area contributed by atoms with Crippen molar-refractivity contribution in [3.63, 3.8) is 0 Å². The van der Waals surface area contributed by atoms with Crippen molar-refractivity contribution >= 4 is 5.97 Å². The number of aryl methyl sites for hydroxylation is 1. The summed E-state index contributed by atoms with van der Waals surface area (Å²) in [6.07, 6.45) is 0. The number of benzene rings is 1. The predicted molar refractivity (Wildman–Crippen MR) is 62.9 cm³/mol. The smallest absolute Gasteiger partial charge is 0.338 e. The van der Waals surface area contributed by atoms with Crippen LogP contribution in [0.15, 0.2) is 12.1 Å². The van der Waals surface area contributed by atoms with Gasteiger partial charge in [-0.2, -0.15) is 0 Å². The number of carbonyl (C=O) groups is 1. The molecule has 0 bridgehead atoms. The number of phenolic OH excluding ortho intramolecular Hbond substituents is 1. The van der Waals surface area contributed by atoms with Crippen LogP contribution < -0.4 is 0 Å². The summed E-state index contributed by atoms with van der Waals surface area (Å²) >= 11 is 0. The molecule has 88 valence electrons. The molecule has 0 aliphatic heterocycles. The third-order valence-electron chi connectivity index (χ3n) is 2.49. The van der Waals surface area contributed by atoms with Crippen LogP contribution in [0.25, 0.3) is 0 Å². The highest BCUT2D eigenvalue weighted by atomic mass is 16.5. The fraction of sp³-hybridized carbons (Fsp3) is 0.462. The van der Waals surface area contributed by atoms with Crippen LogP contribution in [-0.2, 0) is 4.74 Å². The molecule has 3 nitrogen and oxygen atoms in total. The van der Waals surface area contributed by atoms with Gasteiger partial charge in [0.1, 0.15) is 5.75 Å². The standard InChI is InChI=1S/C13H18O3/c1-5-16-13(15)11-7-10(8(2)3)12(14)6-9(11)4/h6-8,14H,5H2,1-4H3. The van der Waals surface area contributed by atoms with Crippen LogP contribution in [0.4, 0.5) is 0 Å². The predicted octanol–water partition coefficient (Wildman–Crippen LogP) is 3.00. The summed E-state index contributed by atoms with van der Waals surface area (Å²) in [7, 11) is 0. The van der Waals surface area contributed by atoms with Crippen molar-refractivity contribution in [2.75, 3.05) is 6.61 Å². The molecule has 0 fully saturated rings. The Morgan fingerprint density at radius 2 is 2.06 bits per heavy atom. The highest BCUT2D eigenvalue weighted by Gasteiger charge is 2.15. The van der Waals surface area contributed by atoms with Crippen LogP contribution in [0.2, 0.25) is 0 Å². The summed E-state index contributed by atoms with van der Waals surface area (Å²) < 4.78 is 4.96. The molecule has 0 aromatic heterocycles. The van der Waals surface area contributed by atoms with E-state index in [-0.39, 0.29) is 17.6 Å². The number of esters is 1. The summed E-state index contributed by atoms with van der Waals surface area (Å²) in [5.74, 6) is 0.0798. The summed E-state index contributed by atoms with van der Waals surface area (Å²) in [6.45, 7) is 7.86. The van der Waals surface area contributed by atoms with E-state index in [0.29, 0.717) is 12.2 Å². The van der Waals surface area contributed by atoms with E-state index >= 15 is 0 Å². The van der Waals surface area contributed by atoms with Crippen molar-refractivity contribution in [3.05, 3.63) is 28.8 Å². The minimum atomic E-state index is -0.332. The second-order valence-corrected chi connectivity index (χ2v) is 4.10.